The Morgan fingerprint density at radius 1 is 1.18 bits per heavy atom. The smallest absolute Gasteiger partial charge is 0.234 e. The Kier molecular flexibility index (Phi) is 6.36. The minimum atomic E-state index is -0.0966. The summed E-state index contributed by atoms with van der Waals surface area (Å²) in [5.74, 6) is 7.20. The highest BCUT2D eigenvalue weighted by Crippen LogP contribution is 2.27. The number of amides is 1. The van der Waals surface area contributed by atoms with Gasteiger partial charge < -0.3 is 11.2 Å². The Balaban J connectivity index is 1.65. The number of nitrogens with zero attached hydrogens (tertiary/aromatic N) is 3. The number of aromatic nitrogens is 3. The third kappa shape index (κ3) is 4.54. The molecular formula is C21H25N5OS. The lowest BCUT2D eigenvalue weighted by Crippen LogP contribution is -2.17. The molecule has 0 fully saturated rings. The topological polar surface area (TPSA) is 85.8 Å². The van der Waals surface area contributed by atoms with E-state index in [-0.39, 0.29) is 11.7 Å². The van der Waals surface area contributed by atoms with Crippen molar-refractivity contribution in [3.63, 3.8) is 0 Å². The van der Waals surface area contributed by atoms with Gasteiger partial charge in [0, 0.05) is 11.3 Å². The van der Waals surface area contributed by atoms with E-state index in [1.165, 1.54) is 16.4 Å². The molecule has 2 aromatic carbocycles. The number of para-hydroxylation sites is 1. The van der Waals surface area contributed by atoms with Gasteiger partial charge in [0.05, 0.1) is 5.75 Å². The van der Waals surface area contributed by atoms with Gasteiger partial charge in [0.15, 0.2) is 5.82 Å². The molecule has 1 heterocycles. The van der Waals surface area contributed by atoms with Crippen LogP contribution in [0.1, 0.15) is 37.3 Å². The van der Waals surface area contributed by atoms with Crippen molar-refractivity contribution in [2.75, 3.05) is 16.9 Å². The Morgan fingerprint density at radius 3 is 2.61 bits per heavy atom. The molecule has 1 amide bonds. The molecule has 0 aliphatic carbocycles. The summed E-state index contributed by atoms with van der Waals surface area (Å²) in [7, 11) is 0. The first-order chi connectivity index (χ1) is 13.5. The van der Waals surface area contributed by atoms with Crippen molar-refractivity contribution in [2.24, 2.45) is 0 Å². The zero-order valence-corrected chi connectivity index (χ0v) is 17.2. The second-order valence-corrected chi connectivity index (χ2v) is 7.72. The fourth-order valence-corrected chi connectivity index (χ4v) is 3.51. The van der Waals surface area contributed by atoms with Gasteiger partial charge in [0.2, 0.25) is 11.1 Å². The number of thioether (sulfide) groups is 1. The highest BCUT2D eigenvalue weighted by molar-refractivity contribution is 7.99. The van der Waals surface area contributed by atoms with Gasteiger partial charge >= 0.3 is 0 Å². The van der Waals surface area contributed by atoms with E-state index in [0.717, 1.165) is 28.8 Å². The van der Waals surface area contributed by atoms with E-state index in [2.05, 4.69) is 35.4 Å². The number of hydrogen-bond acceptors (Lipinski definition) is 5. The lowest BCUT2D eigenvalue weighted by molar-refractivity contribution is -0.113. The van der Waals surface area contributed by atoms with Crippen LogP contribution >= 0.6 is 11.8 Å². The van der Waals surface area contributed by atoms with Crippen molar-refractivity contribution in [1.82, 2.24) is 14.9 Å². The third-order valence-corrected chi connectivity index (χ3v) is 5.63. The highest BCUT2D eigenvalue weighted by atomic mass is 32.2. The van der Waals surface area contributed by atoms with Crippen LogP contribution in [0.3, 0.4) is 0 Å². The molecule has 0 saturated carbocycles. The molecule has 3 rings (SSSR count). The van der Waals surface area contributed by atoms with Crippen LogP contribution < -0.4 is 11.2 Å². The van der Waals surface area contributed by atoms with Crippen LogP contribution in [0.25, 0.3) is 11.4 Å². The first-order valence-electron chi connectivity index (χ1n) is 9.28. The van der Waals surface area contributed by atoms with Gasteiger partial charge in [-0.15, -0.1) is 10.2 Å². The minimum absolute atomic E-state index is 0.0966. The van der Waals surface area contributed by atoms with Crippen LogP contribution in [-0.2, 0) is 4.79 Å². The molecule has 3 aromatic rings. The van der Waals surface area contributed by atoms with E-state index >= 15 is 0 Å². The zero-order chi connectivity index (χ0) is 20.1. The molecule has 0 unspecified atom stereocenters. The van der Waals surface area contributed by atoms with Crippen LogP contribution in [0.5, 0.6) is 0 Å². The molecule has 0 bridgehead atoms. The van der Waals surface area contributed by atoms with E-state index in [1.54, 1.807) is 0 Å². The number of rotatable bonds is 7. The lowest BCUT2D eigenvalue weighted by atomic mass is 9.97. The molecule has 0 aliphatic heterocycles. The summed E-state index contributed by atoms with van der Waals surface area (Å²) in [6.45, 7) is 6.32. The van der Waals surface area contributed by atoms with Crippen molar-refractivity contribution >= 4 is 23.4 Å². The number of nitrogen functional groups attached to an aromatic ring is 1. The van der Waals surface area contributed by atoms with Gasteiger partial charge in [-0.1, -0.05) is 73.6 Å². The average molecular weight is 396 g/mol. The Hall–Kier alpha value is -2.80. The standard InChI is InChI=1S/C21H25N5OS/c1-4-15(3)17-7-5-6-8-18(17)23-19(27)13-28-21-25-24-20(26(21)22)16-11-9-14(2)10-12-16/h5-12,15H,4,13,22H2,1-3H3,(H,23,27)/t15-/m0/s1. The average Bonchev–Trinajstić information content (AvgIpc) is 3.07. The quantitative estimate of drug-likeness (QED) is 0.462. The normalized spacial score (nSPS) is 12.0. The summed E-state index contributed by atoms with van der Waals surface area (Å²) < 4.78 is 1.43. The van der Waals surface area contributed by atoms with Gasteiger partial charge in [-0.25, -0.2) is 4.68 Å². The minimum Gasteiger partial charge on any atom is -0.335 e. The van der Waals surface area contributed by atoms with E-state index < -0.39 is 0 Å². The highest BCUT2D eigenvalue weighted by Gasteiger charge is 2.15. The summed E-state index contributed by atoms with van der Waals surface area (Å²) in [5, 5.41) is 11.8. The van der Waals surface area contributed by atoms with Gasteiger partial charge in [0.1, 0.15) is 0 Å². The molecule has 1 atom stereocenters. The number of carbonyl (C=O) groups excluding carboxylic acids is 1. The maximum Gasteiger partial charge on any atom is 0.234 e. The summed E-state index contributed by atoms with van der Waals surface area (Å²) in [4.78, 5) is 12.4. The van der Waals surface area contributed by atoms with E-state index in [1.807, 2.05) is 49.4 Å². The number of nitrogens with one attached hydrogen (secondary N) is 1. The summed E-state index contributed by atoms with van der Waals surface area (Å²) >= 11 is 1.27. The maximum absolute atomic E-state index is 12.4. The van der Waals surface area contributed by atoms with Gasteiger partial charge in [-0.3, -0.25) is 4.79 Å². The molecule has 1 aromatic heterocycles. The molecular weight excluding hydrogens is 370 g/mol. The predicted molar refractivity (Wildman–Crippen MR) is 115 cm³/mol. The number of nitrogens with two attached hydrogens (primary N) is 1. The molecule has 0 radical (unpaired) electrons. The Morgan fingerprint density at radius 2 is 1.89 bits per heavy atom. The SMILES string of the molecule is CC[C@H](C)c1ccccc1NC(=O)CSc1nnc(-c2ccc(C)cc2)n1N. The Labute approximate surface area is 169 Å². The number of benzene rings is 2. The van der Waals surface area contributed by atoms with Crippen LogP contribution in [0, 0.1) is 6.92 Å². The molecule has 7 heteroatoms. The number of aryl methyl sites for hydroxylation is 1. The summed E-state index contributed by atoms with van der Waals surface area (Å²) in [5.41, 5.74) is 4.05. The van der Waals surface area contributed by atoms with Gasteiger partial charge in [0.25, 0.3) is 0 Å². The fourth-order valence-electron chi connectivity index (χ4n) is 2.85. The predicted octanol–water partition coefficient (Wildman–Crippen LogP) is 4.21. The number of anilines is 1. The van der Waals surface area contributed by atoms with Crippen LogP contribution in [0.4, 0.5) is 5.69 Å². The number of carbonyl (C=O) groups is 1. The van der Waals surface area contributed by atoms with E-state index in [0.29, 0.717) is 16.9 Å². The van der Waals surface area contributed by atoms with Gasteiger partial charge in [-0.05, 0) is 30.9 Å². The molecule has 3 N–H and O–H groups in total. The Bertz CT molecular complexity index is 952. The van der Waals surface area contributed by atoms with E-state index in [4.69, 9.17) is 5.84 Å². The summed E-state index contributed by atoms with van der Waals surface area (Å²) in [6, 6.07) is 15.8. The molecule has 6 nitrogen and oxygen atoms in total. The first-order valence-corrected chi connectivity index (χ1v) is 10.3. The largest absolute Gasteiger partial charge is 0.335 e. The fraction of sp³-hybridized carbons (Fsp3) is 0.286. The molecule has 0 saturated heterocycles. The third-order valence-electron chi connectivity index (χ3n) is 4.68. The first kappa shape index (κ1) is 19.9. The molecule has 28 heavy (non-hydrogen) atoms. The van der Waals surface area contributed by atoms with Crippen molar-refractivity contribution in [3.8, 4) is 11.4 Å². The maximum atomic E-state index is 12.4. The van der Waals surface area contributed by atoms with Crippen molar-refractivity contribution in [1.29, 1.82) is 0 Å². The summed E-state index contributed by atoms with van der Waals surface area (Å²) in [6.07, 6.45) is 1.01. The molecule has 146 valence electrons. The van der Waals surface area contributed by atoms with Crippen molar-refractivity contribution in [3.05, 3.63) is 59.7 Å². The van der Waals surface area contributed by atoms with Crippen LogP contribution in [0.2, 0.25) is 0 Å². The molecule has 0 spiro atoms. The van der Waals surface area contributed by atoms with Gasteiger partial charge in [-0.2, -0.15) is 0 Å². The second-order valence-electron chi connectivity index (χ2n) is 6.78. The van der Waals surface area contributed by atoms with E-state index in [9.17, 15) is 4.79 Å². The second kappa shape index (κ2) is 8.93. The monoisotopic (exact) mass is 395 g/mol. The lowest BCUT2D eigenvalue weighted by Gasteiger charge is -2.15. The van der Waals surface area contributed by atoms with Crippen molar-refractivity contribution < 1.29 is 4.79 Å². The zero-order valence-electron chi connectivity index (χ0n) is 16.3. The molecule has 0 aliphatic rings. The van der Waals surface area contributed by atoms with Crippen LogP contribution in [-0.4, -0.2) is 26.5 Å². The van der Waals surface area contributed by atoms with Crippen molar-refractivity contribution in [2.45, 2.75) is 38.3 Å². The van der Waals surface area contributed by atoms with Crippen LogP contribution in [0.15, 0.2) is 53.7 Å². The number of hydrogen-bond donors (Lipinski definition) is 2.